The van der Waals surface area contributed by atoms with Gasteiger partial charge in [-0.15, -0.1) is 11.6 Å². The molecule has 52 heavy (non-hydrogen) atoms. The number of aliphatic carboxylic acids is 1. The first kappa shape index (κ1) is 50.7. The van der Waals surface area contributed by atoms with Crippen molar-refractivity contribution in [3.63, 3.8) is 0 Å². The van der Waals surface area contributed by atoms with E-state index in [0.29, 0.717) is 0 Å². The van der Waals surface area contributed by atoms with E-state index in [-0.39, 0.29) is 12.5 Å². The molecule has 3 rings (SSSR count). The number of nitrogens with zero attached hydrogens (tertiary/aromatic N) is 2. The van der Waals surface area contributed by atoms with Gasteiger partial charge in [0.25, 0.3) is 0 Å². The average molecular weight is 756 g/mol. The topological polar surface area (TPSA) is 64.4 Å². The molecule has 0 bridgehead atoms. The van der Waals surface area contributed by atoms with E-state index in [1.807, 2.05) is 34.6 Å². The Morgan fingerprint density at radius 2 is 1.67 bits per heavy atom. The highest BCUT2D eigenvalue weighted by Crippen LogP contribution is 2.24. The minimum absolute atomic E-state index is 0.135. The number of unbranched alkanes of at least 4 members (excludes halogenated alkanes) is 1. The van der Waals surface area contributed by atoms with E-state index in [9.17, 15) is 4.79 Å². The van der Waals surface area contributed by atoms with Crippen molar-refractivity contribution in [2.45, 2.75) is 126 Å². The second-order valence-electron chi connectivity index (χ2n) is 11.2. The van der Waals surface area contributed by atoms with Crippen LogP contribution in [0.1, 0.15) is 136 Å². The largest absolute Gasteiger partial charge is 0.481 e. The van der Waals surface area contributed by atoms with Crippen LogP contribution in [0.15, 0.2) is 90.2 Å². The Morgan fingerprint density at radius 1 is 1.00 bits per heavy atom. The summed E-state index contributed by atoms with van der Waals surface area (Å²) in [6.07, 6.45) is 34.0. The third kappa shape index (κ3) is 23.2. The third-order valence-corrected chi connectivity index (χ3v) is 7.68. The number of carbonyl (C=O) groups is 1. The van der Waals surface area contributed by atoms with Crippen LogP contribution in [0.25, 0.3) is 23.3 Å². The molecule has 0 saturated carbocycles. The van der Waals surface area contributed by atoms with Crippen molar-refractivity contribution in [1.29, 1.82) is 0 Å². The zero-order chi connectivity index (χ0) is 39.6. The van der Waals surface area contributed by atoms with Gasteiger partial charge < -0.3 is 14.4 Å². The Labute approximate surface area is 327 Å². The lowest BCUT2D eigenvalue weighted by Crippen LogP contribution is -2.09. The van der Waals surface area contributed by atoms with E-state index in [4.69, 9.17) is 26.4 Å². The molecule has 290 valence electrons. The number of aromatic nitrogens is 2. The monoisotopic (exact) mass is 754 g/mol. The summed E-state index contributed by atoms with van der Waals surface area (Å²) in [7, 11) is 0. The van der Waals surface area contributed by atoms with Crippen LogP contribution >= 0.6 is 23.2 Å². The van der Waals surface area contributed by atoms with Crippen LogP contribution in [-0.2, 0) is 16.1 Å². The Balaban J connectivity index is 0. The van der Waals surface area contributed by atoms with Crippen LogP contribution in [0, 0.1) is 0 Å². The highest BCUT2D eigenvalue weighted by Gasteiger charge is 2.10. The van der Waals surface area contributed by atoms with Crippen LogP contribution in [0.4, 0.5) is 0 Å². The molecule has 0 amide bonds. The molecule has 0 saturated heterocycles. The van der Waals surface area contributed by atoms with Crippen LogP contribution in [0.2, 0.25) is 0 Å². The van der Waals surface area contributed by atoms with E-state index < -0.39 is 5.97 Å². The van der Waals surface area contributed by atoms with Crippen LogP contribution in [0.3, 0.4) is 0 Å². The lowest BCUT2D eigenvalue weighted by atomic mass is 10.0. The van der Waals surface area contributed by atoms with Gasteiger partial charge in [-0.1, -0.05) is 151 Å². The van der Waals surface area contributed by atoms with Gasteiger partial charge in [0.05, 0.1) is 18.2 Å². The average Bonchev–Trinajstić information content (AvgIpc) is 3.44. The smallest absolute Gasteiger partial charge is 0.307 e. The molecule has 1 aromatic heterocycles. The first-order chi connectivity index (χ1) is 25.3. The van der Waals surface area contributed by atoms with Gasteiger partial charge in [0.2, 0.25) is 0 Å². The minimum atomic E-state index is -0.780. The fraction of sp³-hybridized carbons (Fsp3) is 0.467. The van der Waals surface area contributed by atoms with E-state index in [0.717, 1.165) is 79.4 Å². The van der Waals surface area contributed by atoms with Crippen molar-refractivity contribution < 1.29 is 14.6 Å². The molecule has 2 aromatic rings. The van der Waals surface area contributed by atoms with Gasteiger partial charge in [-0.05, 0) is 81.2 Å². The summed E-state index contributed by atoms with van der Waals surface area (Å²) in [5.41, 5.74) is 5.82. The maximum absolute atomic E-state index is 9.71. The summed E-state index contributed by atoms with van der Waals surface area (Å²) in [5.74, 6) is 0.168. The maximum atomic E-state index is 9.71. The molecule has 1 N–H and O–H groups in total. The fourth-order valence-electron chi connectivity index (χ4n) is 4.61. The van der Waals surface area contributed by atoms with E-state index in [2.05, 4.69) is 122 Å². The maximum Gasteiger partial charge on any atom is 0.307 e. The molecular weight excluding hydrogens is 687 g/mol. The molecular formula is C45H68Cl2N2O3. The van der Waals surface area contributed by atoms with Crippen molar-refractivity contribution in [1.82, 2.24) is 9.55 Å². The Kier molecular flexibility index (Phi) is 33.8. The highest BCUT2D eigenvalue weighted by atomic mass is 35.5. The molecule has 1 unspecified atom stereocenters. The van der Waals surface area contributed by atoms with Crippen molar-refractivity contribution in [2.75, 3.05) is 13.0 Å². The van der Waals surface area contributed by atoms with Gasteiger partial charge in [0, 0.05) is 30.8 Å². The fourth-order valence-corrected chi connectivity index (χ4v) is 4.89. The van der Waals surface area contributed by atoms with Gasteiger partial charge >= 0.3 is 5.97 Å². The zero-order valence-electron chi connectivity index (χ0n) is 33.8. The molecule has 7 heteroatoms. The number of allylic oxidation sites excluding steroid dienone is 10. The molecule has 1 aliphatic rings. The number of imidazole rings is 1. The number of rotatable bonds is 16. The van der Waals surface area contributed by atoms with Crippen LogP contribution in [-0.4, -0.2) is 39.7 Å². The summed E-state index contributed by atoms with van der Waals surface area (Å²) in [4.78, 5) is 14.6. The highest BCUT2D eigenvalue weighted by molar-refractivity contribution is 6.29. The Bertz CT molecular complexity index is 1410. The van der Waals surface area contributed by atoms with E-state index in [1.54, 1.807) is 19.1 Å². The Morgan fingerprint density at radius 3 is 2.25 bits per heavy atom. The number of hydrogen-bond acceptors (Lipinski definition) is 3. The molecule has 0 spiro atoms. The molecule has 0 aliphatic heterocycles. The van der Waals surface area contributed by atoms with Gasteiger partial charge in [-0.25, -0.2) is 4.98 Å². The van der Waals surface area contributed by atoms with Crippen LogP contribution in [0.5, 0.6) is 0 Å². The summed E-state index contributed by atoms with van der Waals surface area (Å²) >= 11 is 10.9. The molecule has 1 aliphatic carbocycles. The molecule has 1 aromatic carbocycles. The van der Waals surface area contributed by atoms with Gasteiger partial charge in [-0.2, -0.15) is 0 Å². The van der Waals surface area contributed by atoms with E-state index >= 15 is 0 Å². The molecule has 0 radical (unpaired) electrons. The quantitative estimate of drug-likeness (QED) is 0.105. The second kappa shape index (κ2) is 34.7. The van der Waals surface area contributed by atoms with Crippen molar-refractivity contribution >= 4 is 52.5 Å². The number of benzene rings is 1. The zero-order valence-corrected chi connectivity index (χ0v) is 35.3. The summed E-state index contributed by atoms with van der Waals surface area (Å²) in [6, 6.07) is 8.77. The predicted molar refractivity (Wildman–Crippen MR) is 232 cm³/mol. The van der Waals surface area contributed by atoms with Crippen LogP contribution < -0.4 is 0 Å². The number of halogens is 2. The molecule has 0 fully saturated rings. The lowest BCUT2D eigenvalue weighted by Gasteiger charge is -2.11. The van der Waals surface area contributed by atoms with Crippen molar-refractivity contribution in [3.8, 4) is 0 Å². The van der Waals surface area contributed by atoms with Crippen molar-refractivity contribution in [2.24, 2.45) is 0 Å². The lowest BCUT2D eigenvalue weighted by molar-refractivity contribution is -0.136. The molecule has 5 nitrogen and oxygen atoms in total. The number of carboxylic acids is 1. The number of carboxylic acid groups (broad SMARTS) is 1. The molecule has 1 heterocycles. The number of hydrogen-bond donors (Lipinski definition) is 1. The SMILES string of the molecule is C/C=C/Cn1cc(/C(C)=C/CC=C(Cl)CCC)nc1/C=C/c1ccc(C2=CCCC(OCCCC)C=C2)cc1.C/C=C\CC(=O)O.CC.CC.CCl. The van der Waals surface area contributed by atoms with Gasteiger partial charge in [0.15, 0.2) is 0 Å². The molecule has 1 atom stereocenters. The summed E-state index contributed by atoms with van der Waals surface area (Å²) in [5, 5.41) is 8.93. The first-order valence-corrected chi connectivity index (χ1v) is 20.1. The Hall–Kier alpha value is -3.38. The number of ether oxygens (including phenoxy) is 1. The normalized spacial score (nSPS) is 14.3. The second-order valence-corrected chi connectivity index (χ2v) is 11.7. The summed E-state index contributed by atoms with van der Waals surface area (Å²) in [6.45, 7) is 19.9. The predicted octanol–water partition coefficient (Wildman–Crippen LogP) is 14.2. The summed E-state index contributed by atoms with van der Waals surface area (Å²) < 4.78 is 8.21. The van der Waals surface area contributed by atoms with Crippen molar-refractivity contribution in [3.05, 3.63) is 113 Å². The van der Waals surface area contributed by atoms with E-state index in [1.165, 1.54) is 23.9 Å². The third-order valence-electron chi connectivity index (χ3n) is 7.33. The van der Waals surface area contributed by atoms with Gasteiger partial charge in [-0.3, -0.25) is 4.79 Å². The minimum Gasteiger partial charge on any atom is -0.481 e. The standard InChI is InChI=1S/C35H45ClN2O.C5H8O2.2C2H6.CH3Cl/c1-5-8-25-38-27-34(28(4)13-10-15-32(36)12-7-3)37-35(38)24-19-29-17-20-31(21-18-29)30-14-11-16-33(23-22-30)39-26-9-6-2;1-2-3-4-5(6)7;3*1-2/h5,8,13-15,17-24,27,33H,6-7,9-12,16,25-26H2,1-4H3;2-3H,4H2,1H3,(H,6,7);2*1-2H3;1H3/b8-5+,24-19+,28-13+,32-15?;3-2-;;;. The first-order valence-electron chi connectivity index (χ1n) is 19.0. The van der Waals surface area contributed by atoms with Gasteiger partial charge in [0.1, 0.15) is 5.82 Å². The number of alkyl halides is 1.